The number of benzene rings is 1. The number of oxazole rings is 1. The summed E-state index contributed by atoms with van der Waals surface area (Å²) >= 11 is 0. The molecule has 0 aliphatic carbocycles. The van der Waals surface area contributed by atoms with Gasteiger partial charge in [-0.2, -0.15) is 0 Å². The molecule has 1 aromatic carbocycles. The van der Waals surface area contributed by atoms with Crippen LogP contribution in [0.25, 0.3) is 22.7 Å². The molecule has 0 aliphatic heterocycles. The van der Waals surface area contributed by atoms with Gasteiger partial charge in [0, 0.05) is 11.8 Å². The van der Waals surface area contributed by atoms with Gasteiger partial charge >= 0.3 is 0 Å². The van der Waals surface area contributed by atoms with Crippen LogP contribution in [0.15, 0.2) is 28.8 Å². The smallest absolute Gasteiger partial charge is 0.247 e. The van der Waals surface area contributed by atoms with Gasteiger partial charge in [0.05, 0.1) is 21.3 Å². The van der Waals surface area contributed by atoms with Crippen LogP contribution in [0.4, 0.5) is 0 Å². The van der Waals surface area contributed by atoms with Crippen LogP contribution >= 0.6 is 0 Å². The zero-order valence-electron chi connectivity index (χ0n) is 12.8. The lowest BCUT2D eigenvalue weighted by Crippen LogP contribution is -1.95. The third-order valence-corrected chi connectivity index (χ3v) is 3.41. The van der Waals surface area contributed by atoms with Crippen molar-refractivity contribution in [3.8, 4) is 28.7 Å². The number of methoxy groups -OCH3 is 3. The second kappa shape index (κ2) is 5.55. The number of nitrogens with zero attached hydrogens (tertiary/aromatic N) is 2. The molecule has 0 spiro atoms. The van der Waals surface area contributed by atoms with Crippen molar-refractivity contribution in [3.05, 3.63) is 30.0 Å². The van der Waals surface area contributed by atoms with Crippen LogP contribution < -0.4 is 14.2 Å². The minimum Gasteiger partial charge on any atom is -0.493 e. The SMILES string of the molecule is COc1cc(-c2nc3c(C)ccnc3o2)cc(OC)c1OC. The van der Waals surface area contributed by atoms with Gasteiger partial charge in [-0.25, -0.2) is 9.97 Å². The van der Waals surface area contributed by atoms with E-state index in [1.54, 1.807) is 39.7 Å². The minimum atomic E-state index is 0.455. The quantitative estimate of drug-likeness (QED) is 0.737. The number of aryl methyl sites for hydroxylation is 1. The standard InChI is InChI=1S/C16H16N2O4/c1-9-5-6-17-16-13(9)18-15(22-16)10-7-11(19-2)14(21-4)12(8-10)20-3/h5-8H,1-4H3. The van der Waals surface area contributed by atoms with Crippen molar-refractivity contribution in [1.29, 1.82) is 0 Å². The van der Waals surface area contributed by atoms with Crippen molar-refractivity contribution >= 4 is 11.2 Å². The molecule has 0 bridgehead atoms. The Morgan fingerprint density at radius 2 is 1.68 bits per heavy atom. The Balaban J connectivity index is 2.19. The molecule has 2 heterocycles. The third-order valence-electron chi connectivity index (χ3n) is 3.41. The van der Waals surface area contributed by atoms with Crippen LogP contribution in [0, 0.1) is 6.92 Å². The van der Waals surface area contributed by atoms with Crippen molar-refractivity contribution in [2.24, 2.45) is 0 Å². The van der Waals surface area contributed by atoms with E-state index in [2.05, 4.69) is 9.97 Å². The van der Waals surface area contributed by atoms with Gasteiger partial charge in [-0.15, -0.1) is 0 Å². The highest BCUT2D eigenvalue weighted by molar-refractivity contribution is 5.77. The summed E-state index contributed by atoms with van der Waals surface area (Å²) in [5.74, 6) is 2.07. The molecule has 0 atom stereocenters. The van der Waals surface area contributed by atoms with Gasteiger partial charge < -0.3 is 18.6 Å². The predicted molar refractivity (Wildman–Crippen MR) is 81.6 cm³/mol. The number of ether oxygens (including phenoxy) is 3. The number of rotatable bonds is 4. The van der Waals surface area contributed by atoms with Gasteiger partial charge in [0.15, 0.2) is 11.5 Å². The molecule has 114 valence electrons. The molecular formula is C16H16N2O4. The summed E-state index contributed by atoms with van der Waals surface area (Å²) in [5.41, 5.74) is 2.98. The summed E-state index contributed by atoms with van der Waals surface area (Å²) in [6.07, 6.45) is 1.70. The van der Waals surface area contributed by atoms with Crippen LogP contribution in [0.5, 0.6) is 17.2 Å². The van der Waals surface area contributed by atoms with Gasteiger partial charge in [-0.3, -0.25) is 0 Å². The van der Waals surface area contributed by atoms with E-state index in [9.17, 15) is 0 Å². The maximum Gasteiger partial charge on any atom is 0.247 e. The normalized spacial score (nSPS) is 10.7. The first-order valence-electron chi connectivity index (χ1n) is 6.70. The predicted octanol–water partition coefficient (Wildman–Crippen LogP) is 3.22. The molecule has 0 amide bonds. The highest BCUT2D eigenvalue weighted by Crippen LogP contribution is 2.41. The monoisotopic (exact) mass is 300 g/mol. The average Bonchev–Trinajstić information content (AvgIpc) is 2.99. The molecule has 6 heteroatoms. The average molecular weight is 300 g/mol. The first-order valence-corrected chi connectivity index (χ1v) is 6.70. The Bertz CT molecular complexity index is 801. The van der Waals surface area contributed by atoms with Crippen molar-refractivity contribution in [1.82, 2.24) is 9.97 Å². The zero-order valence-corrected chi connectivity index (χ0v) is 12.8. The summed E-state index contributed by atoms with van der Waals surface area (Å²) < 4.78 is 21.7. The Hall–Kier alpha value is -2.76. The minimum absolute atomic E-state index is 0.455. The molecule has 2 aromatic heterocycles. The van der Waals surface area contributed by atoms with Crippen molar-refractivity contribution in [2.75, 3.05) is 21.3 Å². The van der Waals surface area contributed by atoms with E-state index >= 15 is 0 Å². The van der Waals surface area contributed by atoms with E-state index in [4.69, 9.17) is 18.6 Å². The molecule has 0 unspecified atom stereocenters. The molecular weight excluding hydrogens is 284 g/mol. The molecule has 3 rings (SSSR count). The van der Waals surface area contributed by atoms with Crippen molar-refractivity contribution in [3.63, 3.8) is 0 Å². The van der Waals surface area contributed by atoms with Gasteiger partial charge in [0.1, 0.15) is 5.52 Å². The second-order valence-electron chi connectivity index (χ2n) is 4.71. The molecule has 22 heavy (non-hydrogen) atoms. The first-order chi connectivity index (χ1) is 10.7. The summed E-state index contributed by atoms with van der Waals surface area (Å²) in [6, 6.07) is 5.48. The largest absolute Gasteiger partial charge is 0.493 e. The first kappa shape index (κ1) is 14.2. The summed E-state index contributed by atoms with van der Waals surface area (Å²) in [4.78, 5) is 8.70. The molecule has 0 fully saturated rings. The third kappa shape index (κ3) is 2.22. The highest BCUT2D eigenvalue weighted by atomic mass is 16.5. The maximum atomic E-state index is 5.73. The van der Waals surface area contributed by atoms with Crippen LogP contribution in [0.2, 0.25) is 0 Å². The number of hydrogen-bond donors (Lipinski definition) is 0. The zero-order chi connectivity index (χ0) is 15.7. The topological polar surface area (TPSA) is 66.6 Å². The number of fused-ring (bicyclic) bond motifs is 1. The molecule has 0 N–H and O–H groups in total. The van der Waals surface area contributed by atoms with E-state index in [-0.39, 0.29) is 0 Å². The van der Waals surface area contributed by atoms with E-state index < -0.39 is 0 Å². The van der Waals surface area contributed by atoms with Crippen LogP contribution in [0.1, 0.15) is 5.56 Å². The molecule has 0 aliphatic rings. The number of hydrogen-bond acceptors (Lipinski definition) is 6. The van der Waals surface area contributed by atoms with Crippen LogP contribution in [-0.2, 0) is 0 Å². The number of pyridine rings is 1. The Morgan fingerprint density at radius 1 is 1.00 bits per heavy atom. The summed E-state index contributed by atoms with van der Waals surface area (Å²) in [7, 11) is 4.70. The summed E-state index contributed by atoms with van der Waals surface area (Å²) in [6.45, 7) is 1.96. The Labute approximate surface area is 127 Å². The lowest BCUT2D eigenvalue weighted by atomic mass is 10.2. The Kier molecular flexibility index (Phi) is 3.58. The number of aromatic nitrogens is 2. The lowest BCUT2D eigenvalue weighted by Gasteiger charge is -2.12. The highest BCUT2D eigenvalue weighted by Gasteiger charge is 2.18. The van der Waals surface area contributed by atoms with E-state index in [0.717, 1.165) is 16.6 Å². The molecule has 6 nitrogen and oxygen atoms in total. The fourth-order valence-corrected chi connectivity index (χ4v) is 2.28. The van der Waals surface area contributed by atoms with Crippen molar-refractivity contribution < 1.29 is 18.6 Å². The maximum absolute atomic E-state index is 5.73. The van der Waals surface area contributed by atoms with E-state index in [0.29, 0.717) is 28.9 Å². The van der Waals surface area contributed by atoms with Gasteiger partial charge in [-0.1, -0.05) is 0 Å². The molecule has 3 aromatic rings. The van der Waals surface area contributed by atoms with Gasteiger partial charge in [0.25, 0.3) is 0 Å². The lowest BCUT2D eigenvalue weighted by molar-refractivity contribution is 0.324. The summed E-state index contributed by atoms with van der Waals surface area (Å²) in [5, 5.41) is 0. The molecule has 0 saturated carbocycles. The van der Waals surface area contributed by atoms with Crippen molar-refractivity contribution in [2.45, 2.75) is 6.92 Å². The Morgan fingerprint density at radius 3 is 2.23 bits per heavy atom. The second-order valence-corrected chi connectivity index (χ2v) is 4.71. The van der Waals surface area contributed by atoms with Gasteiger partial charge in [0.2, 0.25) is 17.4 Å². The van der Waals surface area contributed by atoms with Gasteiger partial charge in [-0.05, 0) is 30.7 Å². The molecule has 0 saturated heterocycles. The fourth-order valence-electron chi connectivity index (χ4n) is 2.28. The molecule has 0 radical (unpaired) electrons. The van der Waals surface area contributed by atoms with E-state index in [1.165, 1.54) is 0 Å². The fraction of sp³-hybridized carbons (Fsp3) is 0.250. The van der Waals surface area contributed by atoms with Crippen LogP contribution in [0.3, 0.4) is 0 Å². The van der Waals surface area contributed by atoms with Crippen LogP contribution in [-0.4, -0.2) is 31.3 Å². The van der Waals surface area contributed by atoms with E-state index in [1.807, 2.05) is 13.0 Å².